The number of thioether (sulfide) groups is 1. The summed E-state index contributed by atoms with van der Waals surface area (Å²) in [5, 5.41) is 11.0. The fourth-order valence-corrected chi connectivity index (χ4v) is 3.91. The highest BCUT2D eigenvalue weighted by atomic mass is 35.5. The summed E-state index contributed by atoms with van der Waals surface area (Å²) in [4.78, 5) is 0. The molecule has 0 aliphatic heterocycles. The maximum absolute atomic E-state index is 6.19. The summed E-state index contributed by atoms with van der Waals surface area (Å²) in [6.07, 6.45) is 2.47. The third-order valence-electron chi connectivity index (χ3n) is 3.41. The minimum Gasteiger partial charge on any atom is -0.306 e. The summed E-state index contributed by atoms with van der Waals surface area (Å²) in [7, 11) is 0. The second-order valence-electron chi connectivity index (χ2n) is 4.85. The first kappa shape index (κ1) is 14.2. The van der Waals surface area contributed by atoms with Gasteiger partial charge in [0.2, 0.25) is 0 Å². The maximum Gasteiger partial charge on any atom is 0.191 e. The van der Waals surface area contributed by atoms with Gasteiger partial charge in [-0.15, -0.1) is 10.2 Å². The van der Waals surface area contributed by atoms with Gasteiger partial charge in [-0.2, -0.15) is 0 Å². The predicted octanol–water partition coefficient (Wildman–Crippen LogP) is 4.77. The van der Waals surface area contributed by atoms with E-state index in [1.54, 1.807) is 11.8 Å². The Labute approximate surface area is 132 Å². The summed E-state index contributed by atoms with van der Waals surface area (Å²) in [6, 6.07) is 5.59. The monoisotopic (exact) mass is 327 g/mol. The number of nitrogens with zero attached hydrogens (tertiary/aromatic N) is 3. The smallest absolute Gasteiger partial charge is 0.191 e. The molecule has 0 bridgehead atoms. The van der Waals surface area contributed by atoms with Gasteiger partial charge in [-0.3, -0.25) is 0 Å². The van der Waals surface area contributed by atoms with Gasteiger partial charge in [-0.1, -0.05) is 41.0 Å². The Bertz CT molecular complexity index is 603. The van der Waals surface area contributed by atoms with E-state index in [0.717, 1.165) is 23.1 Å². The molecule has 0 radical (unpaired) electrons. The molecule has 0 unspecified atom stereocenters. The summed E-state index contributed by atoms with van der Waals surface area (Å²) in [6.45, 7) is 3.03. The normalized spacial score (nSPS) is 14.8. The van der Waals surface area contributed by atoms with Crippen molar-refractivity contribution in [2.45, 2.75) is 43.1 Å². The van der Waals surface area contributed by atoms with Crippen LogP contribution in [-0.2, 0) is 12.3 Å². The zero-order valence-electron chi connectivity index (χ0n) is 11.1. The van der Waals surface area contributed by atoms with Crippen molar-refractivity contribution in [3.8, 4) is 0 Å². The predicted molar refractivity (Wildman–Crippen MR) is 83.7 cm³/mol. The van der Waals surface area contributed by atoms with Gasteiger partial charge in [0.05, 0.1) is 0 Å². The van der Waals surface area contributed by atoms with Crippen LogP contribution in [0.1, 0.15) is 37.1 Å². The summed E-state index contributed by atoms with van der Waals surface area (Å²) < 4.78 is 2.20. The molecule has 6 heteroatoms. The molecule has 106 valence electrons. The van der Waals surface area contributed by atoms with E-state index < -0.39 is 0 Å². The average molecular weight is 328 g/mol. The first-order valence-corrected chi connectivity index (χ1v) is 8.43. The molecule has 0 amide bonds. The molecular weight excluding hydrogens is 313 g/mol. The number of rotatable bonds is 5. The Morgan fingerprint density at radius 3 is 2.55 bits per heavy atom. The lowest BCUT2D eigenvalue weighted by Crippen LogP contribution is -2.02. The highest BCUT2D eigenvalue weighted by Gasteiger charge is 2.29. The third-order valence-corrected chi connectivity index (χ3v) is 5.11. The van der Waals surface area contributed by atoms with Gasteiger partial charge in [0.25, 0.3) is 0 Å². The zero-order chi connectivity index (χ0) is 14.1. The molecule has 0 atom stereocenters. The van der Waals surface area contributed by atoms with Gasteiger partial charge in [0, 0.05) is 28.3 Å². The SMILES string of the molecule is CCn1c(SCc2c(Cl)cccc2Cl)nnc1C1CC1. The molecule has 1 aliphatic rings. The van der Waals surface area contributed by atoms with Crippen molar-refractivity contribution in [1.82, 2.24) is 14.8 Å². The second-order valence-corrected chi connectivity index (χ2v) is 6.61. The van der Waals surface area contributed by atoms with Gasteiger partial charge >= 0.3 is 0 Å². The first-order valence-electron chi connectivity index (χ1n) is 6.69. The number of hydrogen-bond acceptors (Lipinski definition) is 3. The van der Waals surface area contributed by atoms with Gasteiger partial charge in [0.15, 0.2) is 5.16 Å². The molecule has 1 heterocycles. The highest BCUT2D eigenvalue weighted by Crippen LogP contribution is 2.40. The Kier molecular flexibility index (Phi) is 4.24. The van der Waals surface area contributed by atoms with E-state index in [2.05, 4.69) is 21.7 Å². The van der Waals surface area contributed by atoms with Crippen molar-refractivity contribution in [3.05, 3.63) is 39.6 Å². The quantitative estimate of drug-likeness (QED) is 0.741. The Morgan fingerprint density at radius 2 is 1.95 bits per heavy atom. The van der Waals surface area contributed by atoms with E-state index >= 15 is 0 Å². The molecule has 2 aromatic rings. The molecule has 3 rings (SSSR count). The summed E-state index contributed by atoms with van der Waals surface area (Å²) >= 11 is 14.0. The number of halogens is 2. The van der Waals surface area contributed by atoms with Crippen molar-refractivity contribution >= 4 is 35.0 Å². The molecule has 0 saturated heterocycles. The summed E-state index contributed by atoms with van der Waals surface area (Å²) in [5.74, 6) is 2.45. The lowest BCUT2D eigenvalue weighted by molar-refractivity contribution is 0.643. The standard InChI is InChI=1S/C14H15Cl2N3S/c1-2-19-13(9-6-7-9)17-18-14(19)20-8-10-11(15)4-3-5-12(10)16/h3-5,9H,2,6-8H2,1H3. The topological polar surface area (TPSA) is 30.7 Å². The lowest BCUT2D eigenvalue weighted by atomic mass is 10.2. The first-order chi connectivity index (χ1) is 9.70. The minimum atomic E-state index is 0.612. The van der Waals surface area contributed by atoms with Gasteiger partial charge in [-0.25, -0.2) is 0 Å². The molecule has 1 aromatic heterocycles. The van der Waals surface area contributed by atoms with E-state index in [-0.39, 0.29) is 0 Å². The van der Waals surface area contributed by atoms with E-state index in [1.807, 2.05) is 18.2 Å². The maximum atomic E-state index is 6.19. The molecule has 0 spiro atoms. The molecule has 1 aliphatic carbocycles. The largest absolute Gasteiger partial charge is 0.306 e. The van der Waals surface area contributed by atoms with Crippen molar-refractivity contribution in [2.75, 3.05) is 0 Å². The van der Waals surface area contributed by atoms with Gasteiger partial charge in [-0.05, 0) is 37.5 Å². The molecule has 3 nitrogen and oxygen atoms in total. The van der Waals surface area contributed by atoms with Crippen LogP contribution in [0.25, 0.3) is 0 Å². The Balaban J connectivity index is 1.78. The minimum absolute atomic E-state index is 0.612. The van der Waals surface area contributed by atoms with Crippen LogP contribution in [0.4, 0.5) is 0 Å². The van der Waals surface area contributed by atoms with Crippen LogP contribution >= 0.6 is 35.0 Å². The van der Waals surface area contributed by atoms with Gasteiger partial charge in [0.1, 0.15) is 5.82 Å². The van der Waals surface area contributed by atoms with E-state index in [0.29, 0.717) is 21.7 Å². The van der Waals surface area contributed by atoms with E-state index in [1.165, 1.54) is 12.8 Å². The third kappa shape index (κ3) is 2.83. The van der Waals surface area contributed by atoms with E-state index in [9.17, 15) is 0 Å². The van der Waals surface area contributed by atoms with Crippen molar-refractivity contribution in [1.29, 1.82) is 0 Å². The molecular formula is C14H15Cl2N3S. The van der Waals surface area contributed by atoms with Crippen LogP contribution in [0.15, 0.2) is 23.4 Å². The van der Waals surface area contributed by atoms with Crippen LogP contribution in [-0.4, -0.2) is 14.8 Å². The van der Waals surface area contributed by atoms with Crippen molar-refractivity contribution in [2.24, 2.45) is 0 Å². The van der Waals surface area contributed by atoms with Crippen molar-refractivity contribution in [3.63, 3.8) is 0 Å². The van der Waals surface area contributed by atoms with E-state index in [4.69, 9.17) is 23.2 Å². The summed E-state index contributed by atoms with van der Waals surface area (Å²) in [5.41, 5.74) is 0.958. The van der Waals surface area contributed by atoms with Crippen LogP contribution in [0.2, 0.25) is 10.0 Å². The fraction of sp³-hybridized carbons (Fsp3) is 0.429. The molecule has 0 N–H and O–H groups in total. The van der Waals surface area contributed by atoms with Crippen molar-refractivity contribution < 1.29 is 0 Å². The van der Waals surface area contributed by atoms with Crippen LogP contribution < -0.4 is 0 Å². The molecule has 20 heavy (non-hydrogen) atoms. The zero-order valence-corrected chi connectivity index (χ0v) is 13.5. The Morgan fingerprint density at radius 1 is 1.25 bits per heavy atom. The average Bonchev–Trinajstić information content (AvgIpc) is 3.19. The number of hydrogen-bond donors (Lipinski definition) is 0. The molecule has 1 saturated carbocycles. The van der Waals surface area contributed by atoms with Crippen LogP contribution in [0.3, 0.4) is 0 Å². The fourth-order valence-electron chi connectivity index (χ4n) is 2.15. The lowest BCUT2D eigenvalue weighted by Gasteiger charge is -2.08. The number of benzene rings is 1. The van der Waals surface area contributed by atoms with Crippen LogP contribution in [0, 0.1) is 0 Å². The number of aromatic nitrogens is 3. The Hall–Kier alpha value is -0.710. The second kappa shape index (κ2) is 5.96. The molecule has 1 fully saturated rings. The van der Waals surface area contributed by atoms with Gasteiger partial charge < -0.3 is 4.57 Å². The van der Waals surface area contributed by atoms with Crippen LogP contribution in [0.5, 0.6) is 0 Å². The highest BCUT2D eigenvalue weighted by molar-refractivity contribution is 7.98. The molecule has 1 aromatic carbocycles.